The molecule has 0 aliphatic carbocycles. The number of rotatable bonds is 4. The molecule has 8 rings (SSSR count). The summed E-state index contributed by atoms with van der Waals surface area (Å²) in [4.78, 5) is 61.1. The average Bonchev–Trinajstić information content (AvgIpc) is 3.57. The van der Waals surface area contributed by atoms with Gasteiger partial charge in [-0.1, -0.05) is 12.1 Å². The van der Waals surface area contributed by atoms with Gasteiger partial charge in [0.15, 0.2) is 0 Å². The van der Waals surface area contributed by atoms with Crippen molar-refractivity contribution in [2.24, 2.45) is 0 Å². The molecule has 4 aromatic heterocycles. The Balaban J connectivity index is 1.45. The Labute approximate surface area is 235 Å². The largest absolute Gasteiger partial charge is 0.469 e. The maximum absolute atomic E-state index is 13.9. The van der Waals surface area contributed by atoms with E-state index in [1.165, 1.54) is 14.2 Å². The minimum atomic E-state index is -0.364. The summed E-state index contributed by atoms with van der Waals surface area (Å²) in [6.07, 6.45) is 0.191. The van der Waals surface area contributed by atoms with E-state index >= 15 is 0 Å². The Morgan fingerprint density at radius 1 is 0.619 bits per heavy atom. The topological polar surface area (TPSA) is 121 Å². The standard InChI is InChI=1S/C32H20N4O6/c1-41-25(37)13-15-3-9-23-21(11-15)33-29-17-5-7-20-28-18(6-8-19(27(17)28)31(39)35(23)29)30-34-22-12-16(14-26(38)42-2)4-10-24(22)36(30)32(20)40/h3-12H,13-14H2,1-2H3. The van der Waals surface area contributed by atoms with E-state index in [1.807, 2.05) is 12.1 Å². The second-order valence-corrected chi connectivity index (χ2v) is 10.4. The second kappa shape index (κ2) is 8.43. The van der Waals surface area contributed by atoms with Crippen molar-refractivity contribution in [3.63, 3.8) is 0 Å². The molecule has 10 nitrogen and oxygen atoms in total. The molecule has 0 fully saturated rings. The van der Waals surface area contributed by atoms with Crippen LogP contribution in [-0.4, -0.2) is 44.9 Å². The van der Waals surface area contributed by atoms with E-state index in [2.05, 4.69) is 0 Å². The SMILES string of the molecule is COC(=O)Cc1ccc2c(c1)nc1c3ccc4c(=O)n5c6ccc(CC(=O)OC)cc6nc5c5ccc(c(=O)n21)c3c45. The van der Waals surface area contributed by atoms with Crippen molar-refractivity contribution < 1.29 is 19.1 Å². The highest BCUT2D eigenvalue weighted by Gasteiger charge is 2.22. The third-order valence-corrected chi connectivity index (χ3v) is 8.10. The monoisotopic (exact) mass is 556 g/mol. The number of fused-ring (bicyclic) bond motifs is 8. The van der Waals surface area contributed by atoms with Gasteiger partial charge in [0, 0.05) is 32.3 Å². The number of esters is 2. The maximum atomic E-state index is 13.9. The lowest BCUT2D eigenvalue weighted by Gasteiger charge is -2.12. The molecule has 8 aromatic rings. The summed E-state index contributed by atoms with van der Waals surface area (Å²) in [6.45, 7) is 0. The predicted octanol–water partition coefficient (Wildman–Crippen LogP) is 3.78. The van der Waals surface area contributed by atoms with Crippen molar-refractivity contribution in [3.8, 4) is 0 Å². The van der Waals surface area contributed by atoms with Crippen molar-refractivity contribution >= 4 is 77.6 Å². The number of imidazole rings is 2. The predicted molar refractivity (Wildman–Crippen MR) is 158 cm³/mol. The fraction of sp³-hybridized carbons (Fsp3) is 0.125. The highest BCUT2D eigenvalue weighted by Crippen LogP contribution is 2.36. The molecule has 0 unspecified atom stereocenters. The van der Waals surface area contributed by atoms with Crippen molar-refractivity contribution in [1.29, 1.82) is 0 Å². The molecule has 0 radical (unpaired) electrons. The van der Waals surface area contributed by atoms with Crippen LogP contribution < -0.4 is 11.1 Å². The van der Waals surface area contributed by atoms with E-state index in [0.29, 0.717) is 54.9 Å². The summed E-state index contributed by atoms with van der Waals surface area (Å²) in [7, 11) is 2.68. The van der Waals surface area contributed by atoms with E-state index in [1.54, 1.807) is 57.3 Å². The molecular weight excluding hydrogens is 536 g/mol. The number of pyridine rings is 2. The molecule has 0 bridgehead atoms. The molecule has 0 atom stereocenters. The fourth-order valence-electron chi connectivity index (χ4n) is 6.19. The molecule has 204 valence electrons. The molecule has 0 aliphatic rings. The lowest BCUT2D eigenvalue weighted by atomic mass is 9.96. The zero-order valence-corrected chi connectivity index (χ0v) is 22.4. The van der Waals surface area contributed by atoms with Gasteiger partial charge in [0.25, 0.3) is 11.1 Å². The van der Waals surface area contributed by atoms with Crippen LogP contribution in [0.5, 0.6) is 0 Å². The molecule has 4 heterocycles. The van der Waals surface area contributed by atoms with Gasteiger partial charge in [0.05, 0.1) is 49.1 Å². The van der Waals surface area contributed by atoms with E-state index < -0.39 is 0 Å². The second-order valence-electron chi connectivity index (χ2n) is 10.4. The van der Waals surface area contributed by atoms with Gasteiger partial charge in [0.2, 0.25) is 0 Å². The minimum Gasteiger partial charge on any atom is -0.469 e. The third kappa shape index (κ3) is 3.14. The van der Waals surface area contributed by atoms with Gasteiger partial charge in [0.1, 0.15) is 11.3 Å². The lowest BCUT2D eigenvalue weighted by molar-refractivity contribution is -0.140. The number of carbonyl (C=O) groups is 2. The van der Waals surface area contributed by atoms with Gasteiger partial charge in [-0.15, -0.1) is 0 Å². The Morgan fingerprint density at radius 2 is 1.02 bits per heavy atom. The summed E-state index contributed by atoms with van der Waals surface area (Å²) >= 11 is 0. The molecule has 0 saturated carbocycles. The average molecular weight is 557 g/mol. The van der Waals surface area contributed by atoms with Crippen LogP contribution in [0.15, 0.2) is 70.3 Å². The Bertz CT molecular complexity index is 2400. The highest BCUT2D eigenvalue weighted by molar-refractivity contribution is 6.27. The molecule has 0 amide bonds. The summed E-state index contributed by atoms with van der Waals surface area (Å²) in [6, 6.07) is 17.9. The molecule has 42 heavy (non-hydrogen) atoms. The molecular formula is C32H20N4O6. The summed E-state index contributed by atoms with van der Waals surface area (Å²) in [5.41, 5.74) is 4.33. The number of hydrogen-bond donors (Lipinski definition) is 0. The van der Waals surface area contributed by atoms with Crippen LogP contribution in [0.25, 0.3) is 65.7 Å². The Hall–Kier alpha value is -5.64. The van der Waals surface area contributed by atoms with Gasteiger partial charge in [-0.05, 0) is 59.7 Å². The first-order valence-corrected chi connectivity index (χ1v) is 13.2. The van der Waals surface area contributed by atoms with Crippen molar-refractivity contribution in [2.75, 3.05) is 14.2 Å². The molecule has 4 aromatic carbocycles. The zero-order valence-electron chi connectivity index (χ0n) is 22.4. The van der Waals surface area contributed by atoms with Crippen LogP contribution in [0.1, 0.15) is 11.1 Å². The van der Waals surface area contributed by atoms with E-state index in [0.717, 1.165) is 21.9 Å². The summed E-state index contributed by atoms with van der Waals surface area (Å²) < 4.78 is 12.7. The van der Waals surface area contributed by atoms with E-state index in [-0.39, 0.29) is 35.9 Å². The number of carbonyl (C=O) groups excluding carboxylic acids is 2. The quantitative estimate of drug-likeness (QED) is 0.237. The van der Waals surface area contributed by atoms with Crippen LogP contribution in [0.2, 0.25) is 0 Å². The molecule has 0 spiro atoms. The number of aromatic nitrogens is 4. The zero-order chi connectivity index (χ0) is 28.9. The van der Waals surface area contributed by atoms with Crippen molar-refractivity contribution in [3.05, 3.63) is 92.5 Å². The van der Waals surface area contributed by atoms with E-state index in [4.69, 9.17) is 19.4 Å². The van der Waals surface area contributed by atoms with E-state index in [9.17, 15) is 19.2 Å². The Morgan fingerprint density at radius 3 is 1.43 bits per heavy atom. The van der Waals surface area contributed by atoms with Crippen LogP contribution in [-0.2, 0) is 31.9 Å². The van der Waals surface area contributed by atoms with Crippen molar-refractivity contribution in [2.45, 2.75) is 12.8 Å². The van der Waals surface area contributed by atoms with Gasteiger partial charge < -0.3 is 9.47 Å². The van der Waals surface area contributed by atoms with Crippen molar-refractivity contribution in [1.82, 2.24) is 18.8 Å². The lowest BCUT2D eigenvalue weighted by Crippen LogP contribution is -2.16. The fourth-order valence-corrected chi connectivity index (χ4v) is 6.19. The number of hydrogen-bond acceptors (Lipinski definition) is 8. The van der Waals surface area contributed by atoms with Gasteiger partial charge >= 0.3 is 11.9 Å². The van der Waals surface area contributed by atoms with Crippen LogP contribution in [0.4, 0.5) is 0 Å². The van der Waals surface area contributed by atoms with Crippen LogP contribution in [0, 0.1) is 0 Å². The molecule has 10 heteroatoms. The number of benzene rings is 4. The summed E-state index contributed by atoms with van der Waals surface area (Å²) in [5.74, 6) is -0.729. The first kappa shape index (κ1) is 24.2. The van der Waals surface area contributed by atoms with Crippen LogP contribution in [0.3, 0.4) is 0 Å². The molecule has 0 aliphatic heterocycles. The maximum Gasteiger partial charge on any atom is 0.309 e. The van der Waals surface area contributed by atoms with Gasteiger partial charge in [-0.25, -0.2) is 9.97 Å². The first-order valence-electron chi connectivity index (χ1n) is 13.2. The third-order valence-electron chi connectivity index (χ3n) is 8.10. The smallest absolute Gasteiger partial charge is 0.309 e. The Kier molecular flexibility index (Phi) is 4.85. The number of nitrogens with zero attached hydrogens (tertiary/aromatic N) is 4. The number of ether oxygens (including phenoxy) is 2. The minimum absolute atomic E-state index is 0.0956. The highest BCUT2D eigenvalue weighted by atomic mass is 16.5. The molecule has 0 saturated heterocycles. The van der Waals surface area contributed by atoms with Gasteiger partial charge in [-0.3, -0.25) is 28.0 Å². The van der Waals surface area contributed by atoms with Gasteiger partial charge in [-0.2, -0.15) is 0 Å². The summed E-state index contributed by atoms with van der Waals surface area (Å²) in [5, 5.41) is 3.71. The van der Waals surface area contributed by atoms with Crippen LogP contribution >= 0.6 is 0 Å². The number of methoxy groups -OCH3 is 2. The molecule has 0 N–H and O–H groups in total. The first-order chi connectivity index (χ1) is 20.4. The normalized spacial score (nSPS) is 12.1.